The topological polar surface area (TPSA) is 57.6 Å². The highest BCUT2D eigenvalue weighted by Crippen LogP contribution is 2.58. The number of amides is 1. The van der Waals surface area contributed by atoms with Crippen molar-refractivity contribution in [3.8, 4) is 0 Å². The molecule has 4 nitrogen and oxygen atoms in total. The molecule has 1 heterocycles. The summed E-state index contributed by atoms with van der Waals surface area (Å²) in [6.45, 7) is 0. The summed E-state index contributed by atoms with van der Waals surface area (Å²) in [6.07, 6.45) is 2.05. The summed E-state index contributed by atoms with van der Waals surface area (Å²) in [4.78, 5) is 25.2. The minimum Gasteiger partial charge on any atom is -0.481 e. The standard InChI is InChI=1S/C19H16FNO3/c20-13-4-7-16-15(11-13)19(9-10-19)18(24)21(16)14-5-1-12(2-6-14)3-8-17(22)23/h1-2,4-7,11H,3,8-10H2,(H,22,23). The third-order valence-corrected chi connectivity index (χ3v) is 4.90. The number of aryl methyl sites for hydroxylation is 1. The minimum absolute atomic E-state index is 0.00128. The molecule has 24 heavy (non-hydrogen) atoms. The van der Waals surface area contributed by atoms with Crippen molar-refractivity contribution in [3.05, 3.63) is 59.4 Å². The van der Waals surface area contributed by atoms with Gasteiger partial charge in [0.2, 0.25) is 5.91 Å². The molecule has 1 saturated carbocycles. The second-order valence-electron chi connectivity index (χ2n) is 6.44. The van der Waals surface area contributed by atoms with Gasteiger partial charge in [-0.3, -0.25) is 14.5 Å². The number of halogens is 1. The first-order valence-electron chi connectivity index (χ1n) is 7.97. The summed E-state index contributed by atoms with van der Waals surface area (Å²) in [5, 5.41) is 8.75. The van der Waals surface area contributed by atoms with Gasteiger partial charge in [-0.05, 0) is 60.7 Å². The molecule has 1 aliphatic carbocycles. The van der Waals surface area contributed by atoms with E-state index in [4.69, 9.17) is 5.11 Å². The molecule has 0 aromatic heterocycles. The molecular weight excluding hydrogens is 309 g/mol. The van der Waals surface area contributed by atoms with Gasteiger partial charge in [-0.2, -0.15) is 0 Å². The highest BCUT2D eigenvalue weighted by atomic mass is 19.1. The lowest BCUT2D eigenvalue weighted by Gasteiger charge is -2.18. The summed E-state index contributed by atoms with van der Waals surface area (Å²) in [6, 6.07) is 11.8. The van der Waals surface area contributed by atoms with Crippen LogP contribution in [0.25, 0.3) is 0 Å². The quantitative estimate of drug-likeness (QED) is 0.935. The van der Waals surface area contributed by atoms with Crippen LogP contribution in [0.4, 0.5) is 15.8 Å². The molecule has 0 radical (unpaired) electrons. The molecule has 0 saturated heterocycles. The summed E-state index contributed by atoms with van der Waals surface area (Å²) in [5.74, 6) is -1.15. The van der Waals surface area contributed by atoms with Crippen LogP contribution in [-0.2, 0) is 21.4 Å². The number of carboxylic acid groups (broad SMARTS) is 1. The lowest BCUT2D eigenvalue weighted by Crippen LogP contribution is -2.27. The molecule has 1 N–H and O–H groups in total. The fourth-order valence-electron chi connectivity index (χ4n) is 3.45. The molecule has 2 aliphatic rings. The van der Waals surface area contributed by atoms with Crippen LogP contribution in [0.2, 0.25) is 0 Å². The summed E-state index contributed by atoms with van der Waals surface area (Å²) in [7, 11) is 0. The van der Waals surface area contributed by atoms with E-state index in [0.717, 1.165) is 35.3 Å². The lowest BCUT2D eigenvalue weighted by atomic mass is 9.98. The Morgan fingerprint density at radius 3 is 2.50 bits per heavy atom. The normalized spacial score (nSPS) is 17.2. The molecule has 2 aromatic rings. The van der Waals surface area contributed by atoms with E-state index in [2.05, 4.69) is 0 Å². The number of aliphatic carboxylic acids is 1. The number of anilines is 2. The Morgan fingerprint density at radius 1 is 1.17 bits per heavy atom. The number of hydrogen-bond acceptors (Lipinski definition) is 2. The first-order valence-corrected chi connectivity index (χ1v) is 7.97. The SMILES string of the molecule is O=C(O)CCc1ccc(N2C(=O)C3(CC3)c3cc(F)ccc32)cc1. The van der Waals surface area contributed by atoms with Crippen LogP contribution in [0, 0.1) is 5.82 Å². The van der Waals surface area contributed by atoms with Crippen LogP contribution >= 0.6 is 0 Å². The molecule has 5 heteroatoms. The maximum absolute atomic E-state index is 13.6. The zero-order valence-electron chi connectivity index (χ0n) is 13.0. The van der Waals surface area contributed by atoms with Gasteiger partial charge in [0, 0.05) is 12.1 Å². The Balaban J connectivity index is 1.67. The van der Waals surface area contributed by atoms with Crippen molar-refractivity contribution in [2.24, 2.45) is 0 Å². The van der Waals surface area contributed by atoms with Gasteiger partial charge in [-0.15, -0.1) is 0 Å². The van der Waals surface area contributed by atoms with Crippen molar-refractivity contribution in [3.63, 3.8) is 0 Å². The Labute approximate surface area is 138 Å². The first kappa shape index (κ1) is 14.9. The second kappa shape index (κ2) is 5.16. The van der Waals surface area contributed by atoms with Crippen LogP contribution in [0.15, 0.2) is 42.5 Å². The molecular formula is C19H16FNO3. The van der Waals surface area contributed by atoms with Crippen LogP contribution < -0.4 is 4.90 Å². The van der Waals surface area contributed by atoms with Crippen molar-refractivity contribution >= 4 is 23.3 Å². The summed E-state index contributed by atoms with van der Waals surface area (Å²) >= 11 is 0. The molecule has 122 valence electrons. The highest BCUT2D eigenvalue weighted by molar-refractivity contribution is 6.14. The van der Waals surface area contributed by atoms with Crippen molar-refractivity contribution in [2.75, 3.05) is 4.90 Å². The molecule has 1 amide bonds. The summed E-state index contributed by atoms with van der Waals surface area (Å²) < 4.78 is 13.6. The number of carbonyl (C=O) groups excluding carboxylic acids is 1. The Morgan fingerprint density at radius 2 is 1.88 bits per heavy atom. The predicted octanol–water partition coefficient (Wildman–Crippen LogP) is 3.55. The minimum atomic E-state index is -0.833. The lowest BCUT2D eigenvalue weighted by molar-refractivity contribution is -0.137. The largest absolute Gasteiger partial charge is 0.481 e. The van der Waals surface area contributed by atoms with Gasteiger partial charge in [0.15, 0.2) is 0 Å². The van der Waals surface area contributed by atoms with Crippen LogP contribution in [0.3, 0.4) is 0 Å². The van der Waals surface area contributed by atoms with E-state index in [0.29, 0.717) is 6.42 Å². The van der Waals surface area contributed by atoms with Gasteiger partial charge in [-0.25, -0.2) is 4.39 Å². The molecule has 4 rings (SSSR count). The van der Waals surface area contributed by atoms with E-state index in [1.165, 1.54) is 12.1 Å². The Bertz CT molecular complexity index is 840. The molecule has 1 spiro atoms. The maximum Gasteiger partial charge on any atom is 0.303 e. The molecule has 1 fully saturated rings. The average Bonchev–Trinajstić information content (AvgIpc) is 3.33. The predicted molar refractivity (Wildman–Crippen MR) is 86.9 cm³/mol. The van der Waals surface area contributed by atoms with E-state index in [1.807, 2.05) is 24.3 Å². The molecule has 0 unspecified atom stereocenters. The smallest absolute Gasteiger partial charge is 0.303 e. The van der Waals surface area contributed by atoms with Gasteiger partial charge >= 0.3 is 5.97 Å². The zero-order chi connectivity index (χ0) is 16.9. The average molecular weight is 325 g/mol. The van der Waals surface area contributed by atoms with Crippen LogP contribution in [0.5, 0.6) is 0 Å². The number of nitrogens with zero attached hydrogens (tertiary/aromatic N) is 1. The van der Waals surface area contributed by atoms with Gasteiger partial charge < -0.3 is 5.11 Å². The number of carboxylic acids is 1. The van der Waals surface area contributed by atoms with Gasteiger partial charge in [0.05, 0.1) is 11.1 Å². The van der Waals surface area contributed by atoms with Crippen LogP contribution in [-0.4, -0.2) is 17.0 Å². The Kier molecular flexibility index (Phi) is 3.20. The number of carbonyl (C=O) groups is 2. The van der Waals surface area contributed by atoms with Crippen molar-refractivity contribution in [1.82, 2.24) is 0 Å². The van der Waals surface area contributed by atoms with E-state index < -0.39 is 11.4 Å². The van der Waals surface area contributed by atoms with Crippen molar-refractivity contribution < 1.29 is 19.1 Å². The van der Waals surface area contributed by atoms with Crippen LogP contribution in [0.1, 0.15) is 30.4 Å². The third kappa shape index (κ3) is 2.19. The first-order chi connectivity index (χ1) is 11.5. The van der Waals surface area contributed by atoms with Gasteiger partial charge in [0.1, 0.15) is 5.82 Å². The highest BCUT2D eigenvalue weighted by Gasteiger charge is 2.59. The Hall–Kier alpha value is -2.69. The van der Waals surface area contributed by atoms with E-state index in [-0.39, 0.29) is 18.1 Å². The third-order valence-electron chi connectivity index (χ3n) is 4.90. The van der Waals surface area contributed by atoms with Gasteiger partial charge in [0.25, 0.3) is 0 Å². The molecule has 1 aliphatic heterocycles. The monoisotopic (exact) mass is 325 g/mol. The molecule has 0 bridgehead atoms. The number of rotatable bonds is 4. The van der Waals surface area contributed by atoms with E-state index in [9.17, 15) is 14.0 Å². The number of benzene rings is 2. The van der Waals surface area contributed by atoms with Crippen molar-refractivity contribution in [1.29, 1.82) is 0 Å². The fourth-order valence-corrected chi connectivity index (χ4v) is 3.45. The fraction of sp³-hybridized carbons (Fsp3) is 0.263. The molecule has 0 atom stereocenters. The molecule has 2 aromatic carbocycles. The second-order valence-corrected chi connectivity index (χ2v) is 6.44. The summed E-state index contributed by atoms with van der Waals surface area (Å²) in [5.41, 5.74) is 2.63. The number of hydrogen-bond donors (Lipinski definition) is 1. The van der Waals surface area contributed by atoms with Crippen molar-refractivity contribution in [2.45, 2.75) is 31.1 Å². The zero-order valence-corrected chi connectivity index (χ0v) is 13.0. The maximum atomic E-state index is 13.6. The van der Waals surface area contributed by atoms with E-state index in [1.54, 1.807) is 11.0 Å². The van der Waals surface area contributed by atoms with Gasteiger partial charge in [-0.1, -0.05) is 12.1 Å². The number of fused-ring (bicyclic) bond motifs is 2. The van der Waals surface area contributed by atoms with E-state index >= 15 is 0 Å².